The van der Waals surface area contributed by atoms with E-state index in [4.69, 9.17) is 5.73 Å². The molecule has 0 radical (unpaired) electrons. The molecule has 0 aliphatic heterocycles. The lowest BCUT2D eigenvalue weighted by molar-refractivity contribution is 1.28. The van der Waals surface area contributed by atoms with Crippen molar-refractivity contribution in [2.45, 2.75) is 0 Å². The molecule has 0 aliphatic rings. The van der Waals surface area contributed by atoms with Crippen LogP contribution in [0.1, 0.15) is 11.3 Å². The van der Waals surface area contributed by atoms with Crippen molar-refractivity contribution in [1.82, 2.24) is 9.97 Å². The number of benzene rings is 1. The van der Waals surface area contributed by atoms with Crippen molar-refractivity contribution in [1.29, 1.82) is 0 Å². The molecule has 1 aromatic carbocycles. The highest BCUT2D eigenvalue weighted by Gasteiger charge is 1.99. The third kappa shape index (κ3) is 2.63. The maximum absolute atomic E-state index is 5.66. The number of halogens is 1. The molecule has 0 saturated heterocycles. The molecular weight excluding hydrogens is 314 g/mol. The molecule has 4 heteroatoms. The zero-order chi connectivity index (χ0) is 13.9. The summed E-state index contributed by atoms with van der Waals surface area (Å²) in [6.07, 6.45) is 1.78. The lowest BCUT2D eigenvalue weighted by Gasteiger charge is -1.98. The first-order chi connectivity index (χ1) is 9.72. The summed E-state index contributed by atoms with van der Waals surface area (Å²) < 4.78 is 0.835. The van der Waals surface area contributed by atoms with Gasteiger partial charge in [-0.2, -0.15) is 0 Å². The van der Waals surface area contributed by atoms with Crippen LogP contribution in [-0.2, 0) is 0 Å². The molecule has 20 heavy (non-hydrogen) atoms. The third-order valence-electron chi connectivity index (χ3n) is 2.80. The molecule has 0 atom stereocenters. The molecule has 2 aromatic heterocycles. The summed E-state index contributed by atoms with van der Waals surface area (Å²) in [6.45, 7) is 0. The molecule has 3 rings (SSSR count). The highest BCUT2D eigenvalue weighted by atomic mass is 79.9. The highest BCUT2D eigenvalue weighted by Crippen LogP contribution is 2.16. The predicted octanol–water partition coefficient (Wildman–Crippen LogP) is 3.37. The van der Waals surface area contributed by atoms with Gasteiger partial charge in [0.05, 0.1) is 9.99 Å². The Morgan fingerprint density at radius 3 is 2.85 bits per heavy atom. The lowest BCUT2D eigenvalue weighted by Crippen LogP contribution is -1.92. The van der Waals surface area contributed by atoms with Crippen molar-refractivity contribution >= 4 is 32.7 Å². The van der Waals surface area contributed by atoms with Crippen molar-refractivity contribution in [2.24, 2.45) is 0 Å². The second-order valence-corrected chi connectivity index (χ2v) is 5.08. The van der Waals surface area contributed by atoms with Gasteiger partial charge in [-0.3, -0.25) is 4.98 Å². The van der Waals surface area contributed by atoms with E-state index >= 15 is 0 Å². The summed E-state index contributed by atoms with van der Waals surface area (Å²) in [7, 11) is 0. The first-order valence-corrected chi connectivity index (χ1v) is 6.80. The van der Waals surface area contributed by atoms with E-state index in [0.29, 0.717) is 11.5 Å². The molecule has 0 aliphatic carbocycles. The van der Waals surface area contributed by atoms with E-state index < -0.39 is 0 Å². The fraction of sp³-hybridized carbons (Fsp3) is 0. The van der Waals surface area contributed by atoms with Crippen LogP contribution in [0, 0.1) is 11.8 Å². The van der Waals surface area contributed by atoms with Crippen LogP contribution < -0.4 is 5.73 Å². The second kappa shape index (κ2) is 5.32. The molecule has 0 bridgehead atoms. The third-order valence-corrected chi connectivity index (χ3v) is 3.44. The Bertz CT molecular complexity index is 847. The van der Waals surface area contributed by atoms with Gasteiger partial charge in [0, 0.05) is 17.1 Å². The largest absolute Gasteiger partial charge is 0.384 e. The van der Waals surface area contributed by atoms with Crippen molar-refractivity contribution < 1.29 is 0 Å². The van der Waals surface area contributed by atoms with Crippen molar-refractivity contribution in [3.05, 3.63) is 64.4 Å². The maximum atomic E-state index is 5.66. The minimum absolute atomic E-state index is 0.459. The topological polar surface area (TPSA) is 51.8 Å². The Balaban J connectivity index is 2.01. The zero-order valence-electron chi connectivity index (χ0n) is 10.5. The quantitative estimate of drug-likeness (QED) is 0.645. The number of anilines is 1. The monoisotopic (exact) mass is 323 g/mol. The zero-order valence-corrected chi connectivity index (χ0v) is 12.1. The Morgan fingerprint density at radius 1 is 1.05 bits per heavy atom. The molecule has 3 nitrogen and oxygen atoms in total. The van der Waals surface area contributed by atoms with Gasteiger partial charge < -0.3 is 5.73 Å². The van der Waals surface area contributed by atoms with Crippen LogP contribution in [0.2, 0.25) is 0 Å². The SMILES string of the molecule is Nc1ccc(Br)c(C#Cc2ccc3ncccc3c2)n1. The summed E-state index contributed by atoms with van der Waals surface area (Å²) in [6, 6.07) is 13.4. The van der Waals surface area contributed by atoms with E-state index in [1.807, 2.05) is 36.4 Å². The van der Waals surface area contributed by atoms with Gasteiger partial charge in [0.25, 0.3) is 0 Å². The molecular formula is C16H10BrN3. The first-order valence-electron chi connectivity index (χ1n) is 6.01. The van der Waals surface area contributed by atoms with Gasteiger partial charge in [-0.1, -0.05) is 12.0 Å². The van der Waals surface area contributed by atoms with Gasteiger partial charge in [0.1, 0.15) is 11.5 Å². The highest BCUT2D eigenvalue weighted by molar-refractivity contribution is 9.10. The van der Waals surface area contributed by atoms with Crippen LogP contribution in [0.5, 0.6) is 0 Å². The van der Waals surface area contributed by atoms with E-state index in [0.717, 1.165) is 20.9 Å². The molecule has 0 amide bonds. The number of nitrogen functional groups attached to an aromatic ring is 1. The standard InChI is InChI=1S/C16H10BrN3/c17-13-5-8-16(18)20-15(13)7-4-11-3-6-14-12(10-11)2-1-9-19-14/h1-3,5-6,8-10H,(H2,18,20). The average Bonchev–Trinajstić information content (AvgIpc) is 2.48. The predicted molar refractivity (Wildman–Crippen MR) is 84.1 cm³/mol. The van der Waals surface area contributed by atoms with Crippen LogP contribution in [0.4, 0.5) is 5.82 Å². The van der Waals surface area contributed by atoms with Crippen LogP contribution in [0.15, 0.2) is 53.1 Å². The second-order valence-electron chi connectivity index (χ2n) is 4.23. The van der Waals surface area contributed by atoms with Gasteiger partial charge in [-0.15, -0.1) is 0 Å². The van der Waals surface area contributed by atoms with Crippen molar-refractivity contribution in [2.75, 3.05) is 5.73 Å². The maximum Gasteiger partial charge on any atom is 0.130 e. The molecule has 0 spiro atoms. The Hall–Kier alpha value is -2.38. The van der Waals surface area contributed by atoms with Gasteiger partial charge in [-0.25, -0.2) is 4.98 Å². The summed E-state index contributed by atoms with van der Waals surface area (Å²) >= 11 is 3.41. The number of hydrogen-bond donors (Lipinski definition) is 1. The van der Waals surface area contributed by atoms with Crippen molar-refractivity contribution in [3.63, 3.8) is 0 Å². The van der Waals surface area contributed by atoms with E-state index in [9.17, 15) is 0 Å². The smallest absolute Gasteiger partial charge is 0.130 e. The molecule has 2 N–H and O–H groups in total. The normalized spacial score (nSPS) is 10.1. The summed E-state index contributed by atoms with van der Waals surface area (Å²) in [5, 5.41) is 1.07. The van der Waals surface area contributed by atoms with E-state index in [1.165, 1.54) is 0 Å². The van der Waals surface area contributed by atoms with Gasteiger partial charge in [-0.05, 0) is 58.2 Å². The van der Waals surface area contributed by atoms with Gasteiger partial charge in [0.2, 0.25) is 0 Å². The number of fused-ring (bicyclic) bond motifs is 1. The van der Waals surface area contributed by atoms with E-state index in [-0.39, 0.29) is 0 Å². The Labute approximate surface area is 125 Å². The molecule has 96 valence electrons. The molecule has 3 aromatic rings. The summed E-state index contributed by atoms with van der Waals surface area (Å²) in [5.74, 6) is 6.58. The molecule has 0 fully saturated rings. The lowest BCUT2D eigenvalue weighted by atomic mass is 10.1. The fourth-order valence-corrected chi connectivity index (χ4v) is 2.15. The molecule has 0 saturated carbocycles. The van der Waals surface area contributed by atoms with E-state index in [1.54, 1.807) is 12.3 Å². The van der Waals surface area contributed by atoms with Crippen LogP contribution >= 0.6 is 15.9 Å². The number of pyridine rings is 2. The van der Waals surface area contributed by atoms with Crippen molar-refractivity contribution in [3.8, 4) is 11.8 Å². The van der Waals surface area contributed by atoms with Crippen LogP contribution in [0.3, 0.4) is 0 Å². The van der Waals surface area contributed by atoms with Gasteiger partial charge in [0.15, 0.2) is 0 Å². The van der Waals surface area contributed by atoms with Gasteiger partial charge >= 0.3 is 0 Å². The molecule has 0 unspecified atom stereocenters. The van der Waals surface area contributed by atoms with Crippen LogP contribution in [-0.4, -0.2) is 9.97 Å². The Kier molecular flexibility index (Phi) is 3.36. The fourth-order valence-electron chi connectivity index (χ4n) is 1.83. The van der Waals surface area contributed by atoms with Crippen LogP contribution in [0.25, 0.3) is 10.9 Å². The summed E-state index contributed by atoms with van der Waals surface area (Å²) in [5.41, 5.74) is 8.18. The minimum Gasteiger partial charge on any atom is -0.384 e. The van der Waals surface area contributed by atoms with E-state index in [2.05, 4.69) is 37.7 Å². The summed E-state index contributed by atoms with van der Waals surface area (Å²) in [4.78, 5) is 8.48. The number of nitrogens with two attached hydrogens (primary N) is 1. The first kappa shape index (κ1) is 12.6. The number of aromatic nitrogens is 2. The Morgan fingerprint density at radius 2 is 1.95 bits per heavy atom. The number of rotatable bonds is 0. The average molecular weight is 324 g/mol. The number of nitrogens with zero attached hydrogens (tertiary/aromatic N) is 2. The minimum atomic E-state index is 0.459. The number of hydrogen-bond acceptors (Lipinski definition) is 3. The molecule has 2 heterocycles.